The first-order chi connectivity index (χ1) is 13.5. The van der Waals surface area contributed by atoms with Crippen molar-refractivity contribution in [1.29, 1.82) is 0 Å². The average molecular weight is 382 g/mol. The number of carbonyl (C=O) groups is 2. The predicted octanol–water partition coefficient (Wildman–Crippen LogP) is 2.01. The maximum absolute atomic E-state index is 12.5. The summed E-state index contributed by atoms with van der Waals surface area (Å²) < 4.78 is 5.31. The van der Waals surface area contributed by atoms with E-state index in [1.165, 1.54) is 12.4 Å². The summed E-state index contributed by atoms with van der Waals surface area (Å²) >= 11 is 0. The van der Waals surface area contributed by atoms with E-state index in [0.717, 1.165) is 49.7 Å². The second-order valence-corrected chi connectivity index (χ2v) is 7.00. The van der Waals surface area contributed by atoms with Gasteiger partial charge < -0.3 is 15.4 Å². The molecule has 2 amide bonds. The molecule has 1 aromatic heterocycles. The van der Waals surface area contributed by atoms with Gasteiger partial charge in [0, 0.05) is 44.3 Å². The molecule has 28 heavy (non-hydrogen) atoms. The molecular formula is C21H26N4O3. The van der Waals surface area contributed by atoms with Crippen LogP contribution in [-0.2, 0) is 4.74 Å². The Balaban J connectivity index is 1.57. The van der Waals surface area contributed by atoms with E-state index in [4.69, 9.17) is 4.74 Å². The Morgan fingerprint density at radius 2 is 1.64 bits per heavy atom. The lowest BCUT2D eigenvalue weighted by atomic mass is 10.1. The number of morpholine rings is 1. The molecule has 0 atom stereocenters. The highest BCUT2D eigenvalue weighted by molar-refractivity contribution is 6.05. The standard InChI is InChI=1S/C21H26N4O3/c1-15-9-16(2)11-19(10-15)24-21(27)18-12-17(13-22-14-18)20(26)23-3-4-25-5-7-28-8-6-25/h9-14H,3-8H2,1-2H3,(H,23,26)(H,24,27). The number of aromatic nitrogens is 1. The third-order valence-electron chi connectivity index (χ3n) is 4.56. The smallest absolute Gasteiger partial charge is 0.257 e. The lowest BCUT2D eigenvalue weighted by molar-refractivity contribution is 0.0383. The molecule has 1 aliphatic rings. The van der Waals surface area contributed by atoms with Crippen LogP contribution < -0.4 is 10.6 Å². The zero-order valence-corrected chi connectivity index (χ0v) is 16.3. The SMILES string of the molecule is Cc1cc(C)cc(NC(=O)c2cncc(C(=O)NCCN3CCOCC3)c2)c1. The van der Waals surface area contributed by atoms with Crippen LogP contribution in [0.25, 0.3) is 0 Å². The molecule has 7 heteroatoms. The Labute approximate surface area is 165 Å². The molecule has 1 fully saturated rings. The predicted molar refractivity (Wildman–Crippen MR) is 108 cm³/mol. The van der Waals surface area contributed by atoms with Crippen molar-refractivity contribution >= 4 is 17.5 Å². The van der Waals surface area contributed by atoms with E-state index in [2.05, 4.69) is 20.5 Å². The number of benzene rings is 1. The molecule has 2 N–H and O–H groups in total. The van der Waals surface area contributed by atoms with E-state index in [-0.39, 0.29) is 11.8 Å². The van der Waals surface area contributed by atoms with Gasteiger partial charge in [0.2, 0.25) is 0 Å². The zero-order chi connectivity index (χ0) is 19.9. The van der Waals surface area contributed by atoms with Crippen LogP contribution in [0, 0.1) is 13.8 Å². The Kier molecular flexibility index (Phi) is 6.73. The normalized spacial score (nSPS) is 14.5. The summed E-state index contributed by atoms with van der Waals surface area (Å²) in [4.78, 5) is 31.2. The second kappa shape index (κ2) is 9.43. The van der Waals surface area contributed by atoms with Crippen molar-refractivity contribution in [3.8, 4) is 0 Å². The highest BCUT2D eigenvalue weighted by Crippen LogP contribution is 2.15. The van der Waals surface area contributed by atoms with Crippen LogP contribution in [0.3, 0.4) is 0 Å². The molecule has 148 valence electrons. The van der Waals surface area contributed by atoms with Crippen molar-refractivity contribution in [1.82, 2.24) is 15.2 Å². The number of hydrogen-bond acceptors (Lipinski definition) is 5. The first kappa shape index (κ1) is 20.0. The van der Waals surface area contributed by atoms with Crippen LogP contribution in [0.5, 0.6) is 0 Å². The lowest BCUT2D eigenvalue weighted by Crippen LogP contribution is -2.41. The molecular weight excluding hydrogens is 356 g/mol. The minimum absolute atomic E-state index is 0.234. The summed E-state index contributed by atoms with van der Waals surface area (Å²) in [6.07, 6.45) is 2.93. The number of amides is 2. The number of aryl methyl sites for hydroxylation is 2. The van der Waals surface area contributed by atoms with Gasteiger partial charge in [-0.1, -0.05) is 6.07 Å². The number of ether oxygens (including phenoxy) is 1. The third kappa shape index (κ3) is 5.61. The summed E-state index contributed by atoms with van der Waals surface area (Å²) in [5.74, 6) is -0.526. The summed E-state index contributed by atoms with van der Waals surface area (Å²) in [5.41, 5.74) is 3.58. The van der Waals surface area contributed by atoms with Gasteiger partial charge in [-0.05, 0) is 43.2 Å². The molecule has 1 aliphatic heterocycles. The number of rotatable bonds is 6. The molecule has 3 rings (SSSR count). The van der Waals surface area contributed by atoms with Crippen LogP contribution in [0.15, 0.2) is 36.7 Å². The van der Waals surface area contributed by atoms with Crippen molar-refractivity contribution < 1.29 is 14.3 Å². The van der Waals surface area contributed by atoms with Crippen molar-refractivity contribution in [2.45, 2.75) is 13.8 Å². The molecule has 0 unspecified atom stereocenters. The largest absolute Gasteiger partial charge is 0.379 e. The summed E-state index contributed by atoms with van der Waals surface area (Å²) in [6.45, 7) is 8.49. The van der Waals surface area contributed by atoms with Gasteiger partial charge in [0.15, 0.2) is 0 Å². The van der Waals surface area contributed by atoms with Crippen LogP contribution in [0.4, 0.5) is 5.69 Å². The number of carbonyl (C=O) groups excluding carboxylic acids is 2. The number of hydrogen-bond donors (Lipinski definition) is 2. The van der Waals surface area contributed by atoms with Crippen molar-refractivity contribution in [2.75, 3.05) is 44.7 Å². The molecule has 1 aromatic carbocycles. The minimum atomic E-state index is -0.291. The first-order valence-corrected chi connectivity index (χ1v) is 9.44. The molecule has 0 aliphatic carbocycles. The van der Waals surface area contributed by atoms with Gasteiger partial charge in [0.05, 0.1) is 24.3 Å². The molecule has 0 radical (unpaired) electrons. The van der Waals surface area contributed by atoms with E-state index in [9.17, 15) is 9.59 Å². The van der Waals surface area contributed by atoms with Gasteiger partial charge in [-0.2, -0.15) is 0 Å². The fraction of sp³-hybridized carbons (Fsp3) is 0.381. The number of pyridine rings is 1. The van der Waals surface area contributed by atoms with Crippen LogP contribution in [0.2, 0.25) is 0 Å². The van der Waals surface area contributed by atoms with Gasteiger partial charge in [-0.15, -0.1) is 0 Å². The van der Waals surface area contributed by atoms with E-state index < -0.39 is 0 Å². The number of nitrogens with one attached hydrogen (secondary N) is 2. The van der Waals surface area contributed by atoms with E-state index in [0.29, 0.717) is 17.7 Å². The van der Waals surface area contributed by atoms with Gasteiger partial charge in [0.25, 0.3) is 11.8 Å². The van der Waals surface area contributed by atoms with E-state index in [1.54, 1.807) is 6.07 Å². The van der Waals surface area contributed by atoms with Gasteiger partial charge in [0.1, 0.15) is 0 Å². The van der Waals surface area contributed by atoms with Crippen molar-refractivity contribution in [2.24, 2.45) is 0 Å². The third-order valence-corrected chi connectivity index (χ3v) is 4.56. The Bertz CT molecular complexity index is 827. The molecule has 1 saturated heterocycles. The molecule has 2 aromatic rings. The minimum Gasteiger partial charge on any atom is -0.379 e. The Hall–Kier alpha value is -2.77. The maximum Gasteiger partial charge on any atom is 0.257 e. The average Bonchev–Trinajstić information content (AvgIpc) is 2.68. The summed E-state index contributed by atoms with van der Waals surface area (Å²) in [7, 11) is 0. The molecule has 7 nitrogen and oxygen atoms in total. The maximum atomic E-state index is 12.5. The van der Waals surface area contributed by atoms with Crippen molar-refractivity contribution in [3.05, 3.63) is 58.9 Å². The van der Waals surface area contributed by atoms with Crippen LogP contribution in [0.1, 0.15) is 31.8 Å². The van der Waals surface area contributed by atoms with Gasteiger partial charge >= 0.3 is 0 Å². The Morgan fingerprint density at radius 3 is 2.32 bits per heavy atom. The summed E-state index contributed by atoms with van der Waals surface area (Å²) in [5, 5.41) is 5.75. The van der Waals surface area contributed by atoms with Crippen LogP contribution in [-0.4, -0.2) is 61.1 Å². The first-order valence-electron chi connectivity index (χ1n) is 9.44. The zero-order valence-electron chi connectivity index (χ0n) is 16.3. The topological polar surface area (TPSA) is 83.6 Å². The molecule has 0 spiro atoms. The molecule has 2 heterocycles. The monoisotopic (exact) mass is 382 g/mol. The van der Waals surface area contributed by atoms with E-state index in [1.807, 2.05) is 32.0 Å². The van der Waals surface area contributed by atoms with E-state index >= 15 is 0 Å². The second-order valence-electron chi connectivity index (χ2n) is 7.00. The molecule has 0 saturated carbocycles. The number of nitrogens with zero attached hydrogens (tertiary/aromatic N) is 2. The fourth-order valence-electron chi connectivity index (χ4n) is 3.19. The highest BCUT2D eigenvalue weighted by atomic mass is 16.5. The van der Waals surface area contributed by atoms with Gasteiger partial charge in [-0.3, -0.25) is 19.5 Å². The van der Waals surface area contributed by atoms with Crippen LogP contribution >= 0.6 is 0 Å². The number of anilines is 1. The fourth-order valence-corrected chi connectivity index (χ4v) is 3.19. The summed E-state index contributed by atoms with van der Waals surface area (Å²) in [6, 6.07) is 7.41. The Morgan fingerprint density at radius 1 is 1.00 bits per heavy atom. The quantitative estimate of drug-likeness (QED) is 0.799. The lowest BCUT2D eigenvalue weighted by Gasteiger charge is -2.26. The van der Waals surface area contributed by atoms with Gasteiger partial charge in [-0.25, -0.2) is 0 Å². The molecule has 0 bridgehead atoms. The van der Waals surface area contributed by atoms with Crippen molar-refractivity contribution in [3.63, 3.8) is 0 Å². The highest BCUT2D eigenvalue weighted by Gasteiger charge is 2.13.